The SMILES string of the molecule is COC(C(C)C(=O)NC(Cc1ccccc1F)C(=O)O)[C@@H]1C[C@@H]2C[C@@H]2N1. The molecule has 1 aliphatic heterocycles. The Bertz CT molecular complexity index is 673. The van der Waals surface area contributed by atoms with E-state index >= 15 is 0 Å². The van der Waals surface area contributed by atoms with Crippen molar-refractivity contribution in [1.82, 2.24) is 10.6 Å². The summed E-state index contributed by atoms with van der Waals surface area (Å²) in [6.45, 7) is 1.73. The van der Waals surface area contributed by atoms with Crippen LogP contribution < -0.4 is 10.6 Å². The molecule has 1 saturated carbocycles. The van der Waals surface area contributed by atoms with Gasteiger partial charge in [-0.25, -0.2) is 9.18 Å². The standard InChI is InChI=1S/C19H25FN2O4/c1-10(17(26-2)15-9-12-8-14(12)21-15)18(23)22-16(19(24)25)7-11-5-3-4-6-13(11)20/h3-6,10,12,14-17,21H,7-9H2,1-2H3,(H,22,23)(H,24,25)/t10?,12-,14-,15-,16?,17?/m0/s1. The number of carbonyl (C=O) groups excluding carboxylic acids is 1. The molecule has 0 aromatic heterocycles. The molecular weight excluding hydrogens is 339 g/mol. The van der Waals surface area contributed by atoms with Gasteiger partial charge in [0.25, 0.3) is 0 Å². The molecule has 142 valence electrons. The van der Waals surface area contributed by atoms with Gasteiger partial charge in [0.1, 0.15) is 11.9 Å². The van der Waals surface area contributed by atoms with Crippen molar-refractivity contribution in [3.05, 3.63) is 35.6 Å². The first-order chi connectivity index (χ1) is 12.4. The summed E-state index contributed by atoms with van der Waals surface area (Å²) in [5.41, 5.74) is 0.258. The highest BCUT2D eigenvalue weighted by Gasteiger charge is 2.49. The Kier molecular flexibility index (Phi) is 5.58. The lowest BCUT2D eigenvalue weighted by atomic mass is 9.94. The third kappa shape index (κ3) is 4.04. The lowest BCUT2D eigenvalue weighted by molar-refractivity contribution is -0.143. The first kappa shape index (κ1) is 18.8. The molecule has 2 aliphatic rings. The minimum absolute atomic E-state index is 0.0966. The maximum Gasteiger partial charge on any atom is 0.326 e. The second-order valence-corrected chi connectivity index (χ2v) is 7.30. The molecule has 0 spiro atoms. The summed E-state index contributed by atoms with van der Waals surface area (Å²) >= 11 is 0. The van der Waals surface area contributed by atoms with Crippen LogP contribution in [0.15, 0.2) is 24.3 Å². The van der Waals surface area contributed by atoms with Crippen molar-refractivity contribution in [2.45, 2.75) is 50.4 Å². The fraction of sp³-hybridized carbons (Fsp3) is 0.579. The van der Waals surface area contributed by atoms with Crippen molar-refractivity contribution < 1.29 is 23.8 Å². The van der Waals surface area contributed by atoms with E-state index < -0.39 is 29.7 Å². The molecule has 6 atom stereocenters. The van der Waals surface area contributed by atoms with Crippen LogP contribution in [0, 0.1) is 17.7 Å². The zero-order chi connectivity index (χ0) is 18.8. The highest BCUT2D eigenvalue weighted by atomic mass is 19.1. The molecule has 1 heterocycles. The van der Waals surface area contributed by atoms with E-state index in [0.29, 0.717) is 12.0 Å². The highest BCUT2D eigenvalue weighted by Crippen LogP contribution is 2.42. The van der Waals surface area contributed by atoms with Gasteiger partial charge >= 0.3 is 5.97 Å². The Morgan fingerprint density at radius 2 is 2.12 bits per heavy atom. The van der Waals surface area contributed by atoms with Gasteiger partial charge in [0.2, 0.25) is 5.91 Å². The molecule has 6 nitrogen and oxygen atoms in total. The van der Waals surface area contributed by atoms with Crippen molar-refractivity contribution in [2.24, 2.45) is 11.8 Å². The lowest BCUT2D eigenvalue weighted by Crippen LogP contribution is -2.51. The molecule has 1 aromatic rings. The van der Waals surface area contributed by atoms with Crippen LogP contribution in [0.5, 0.6) is 0 Å². The van der Waals surface area contributed by atoms with Gasteiger partial charge in [-0.1, -0.05) is 25.1 Å². The Balaban J connectivity index is 1.63. The molecule has 3 N–H and O–H groups in total. The van der Waals surface area contributed by atoms with Crippen molar-refractivity contribution in [3.8, 4) is 0 Å². The molecule has 2 fully saturated rings. The van der Waals surface area contributed by atoms with Crippen molar-refractivity contribution in [1.29, 1.82) is 0 Å². The number of carboxylic acid groups (broad SMARTS) is 1. The maximum atomic E-state index is 13.8. The number of benzene rings is 1. The predicted molar refractivity (Wildman–Crippen MR) is 93.1 cm³/mol. The first-order valence-electron chi connectivity index (χ1n) is 8.96. The van der Waals surface area contributed by atoms with Crippen LogP contribution in [0.3, 0.4) is 0 Å². The number of halogens is 1. The van der Waals surface area contributed by atoms with E-state index in [2.05, 4.69) is 10.6 Å². The van der Waals surface area contributed by atoms with Gasteiger partial charge in [0.15, 0.2) is 0 Å². The normalized spacial score (nSPS) is 27.3. The lowest BCUT2D eigenvalue weighted by Gasteiger charge is -2.29. The Hall–Kier alpha value is -1.99. The minimum Gasteiger partial charge on any atom is -0.480 e. The number of carboxylic acids is 1. The van der Waals surface area contributed by atoms with Gasteiger partial charge < -0.3 is 20.5 Å². The molecule has 1 saturated heterocycles. The van der Waals surface area contributed by atoms with Crippen LogP contribution in [-0.4, -0.2) is 48.3 Å². The number of hydrogen-bond donors (Lipinski definition) is 3. The van der Waals surface area contributed by atoms with Crippen molar-refractivity contribution in [2.75, 3.05) is 7.11 Å². The first-order valence-corrected chi connectivity index (χ1v) is 8.96. The summed E-state index contributed by atoms with van der Waals surface area (Å²) < 4.78 is 19.3. The summed E-state index contributed by atoms with van der Waals surface area (Å²) in [6.07, 6.45) is 1.71. The van der Waals surface area contributed by atoms with E-state index in [1.54, 1.807) is 20.1 Å². The number of ether oxygens (including phenoxy) is 1. The van der Waals surface area contributed by atoms with E-state index in [1.807, 2.05) is 0 Å². The number of nitrogens with one attached hydrogen (secondary N) is 2. The molecule has 0 radical (unpaired) electrons. The fourth-order valence-electron chi connectivity index (χ4n) is 3.86. The largest absolute Gasteiger partial charge is 0.480 e. The minimum atomic E-state index is -1.19. The average Bonchev–Trinajstić information content (AvgIpc) is 3.22. The summed E-state index contributed by atoms with van der Waals surface area (Å²) in [6, 6.07) is 5.41. The van der Waals surface area contributed by atoms with Crippen LogP contribution in [0.2, 0.25) is 0 Å². The van der Waals surface area contributed by atoms with Gasteiger partial charge in [-0.3, -0.25) is 4.79 Å². The van der Waals surface area contributed by atoms with E-state index in [-0.39, 0.29) is 24.1 Å². The van der Waals surface area contributed by atoms with Crippen molar-refractivity contribution >= 4 is 11.9 Å². The van der Waals surface area contributed by atoms with Gasteiger partial charge in [0, 0.05) is 25.6 Å². The van der Waals surface area contributed by atoms with Crippen LogP contribution in [0.4, 0.5) is 4.39 Å². The molecule has 3 rings (SSSR count). The van der Waals surface area contributed by atoms with Gasteiger partial charge in [-0.15, -0.1) is 0 Å². The number of piperidine rings is 1. The third-order valence-electron chi connectivity index (χ3n) is 5.48. The number of fused-ring (bicyclic) bond motifs is 1. The van der Waals surface area contributed by atoms with E-state index in [4.69, 9.17) is 4.74 Å². The number of aliphatic carboxylic acids is 1. The topological polar surface area (TPSA) is 87.7 Å². The van der Waals surface area contributed by atoms with Gasteiger partial charge in [-0.05, 0) is 30.4 Å². The number of rotatable bonds is 8. The van der Waals surface area contributed by atoms with E-state index in [1.165, 1.54) is 24.6 Å². The molecule has 1 aromatic carbocycles. The van der Waals surface area contributed by atoms with Gasteiger partial charge in [0.05, 0.1) is 12.0 Å². The number of carbonyl (C=O) groups is 2. The van der Waals surface area contributed by atoms with Crippen molar-refractivity contribution in [3.63, 3.8) is 0 Å². The summed E-state index contributed by atoms with van der Waals surface area (Å²) in [7, 11) is 1.56. The average molecular weight is 364 g/mol. The summed E-state index contributed by atoms with van der Waals surface area (Å²) in [4.78, 5) is 24.1. The molecule has 1 aliphatic carbocycles. The zero-order valence-electron chi connectivity index (χ0n) is 14.9. The molecule has 0 bridgehead atoms. The zero-order valence-corrected chi connectivity index (χ0v) is 14.9. The highest BCUT2D eigenvalue weighted by molar-refractivity contribution is 5.85. The van der Waals surface area contributed by atoms with Crippen LogP contribution in [-0.2, 0) is 20.7 Å². The molecule has 3 unspecified atom stereocenters. The van der Waals surface area contributed by atoms with E-state index in [9.17, 15) is 19.1 Å². The molecule has 1 amide bonds. The summed E-state index contributed by atoms with van der Waals surface area (Å²) in [5, 5.41) is 15.4. The molecular formula is C19H25FN2O4. The van der Waals surface area contributed by atoms with Crippen LogP contribution in [0.1, 0.15) is 25.3 Å². The Morgan fingerprint density at radius 1 is 1.38 bits per heavy atom. The van der Waals surface area contributed by atoms with Crippen LogP contribution >= 0.6 is 0 Å². The number of hydrogen-bond acceptors (Lipinski definition) is 4. The van der Waals surface area contributed by atoms with Crippen LogP contribution in [0.25, 0.3) is 0 Å². The smallest absolute Gasteiger partial charge is 0.326 e. The fourth-order valence-corrected chi connectivity index (χ4v) is 3.86. The molecule has 26 heavy (non-hydrogen) atoms. The Labute approximate surface area is 152 Å². The second-order valence-electron chi connectivity index (χ2n) is 7.30. The second kappa shape index (κ2) is 7.72. The van der Waals surface area contributed by atoms with Gasteiger partial charge in [-0.2, -0.15) is 0 Å². The molecule has 7 heteroatoms. The number of methoxy groups -OCH3 is 1. The van der Waals surface area contributed by atoms with E-state index in [0.717, 1.165) is 6.42 Å². The Morgan fingerprint density at radius 3 is 2.69 bits per heavy atom. The monoisotopic (exact) mass is 364 g/mol. The quantitative estimate of drug-likeness (QED) is 0.648. The number of amides is 1. The predicted octanol–water partition coefficient (Wildman–Crippen LogP) is 1.34. The third-order valence-corrected chi connectivity index (χ3v) is 5.48. The summed E-state index contributed by atoms with van der Waals surface area (Å²) in [5.74, 6) is -1.92. The maximum absolute atomic E-state index is 13.8.